The quantitative estimate of drug-likeness (QED) is 0.413. The van der Waals surface area contributed by atoms with Crippen LogP contribution in [-0.2, 0) is 4.79 Å². The predicted octanol–water partition coefficient (Wildman–Crippen LogP) is 0.595. The molecule has 3 amide bonds. The van der Waals surface area contributed by atoms with Crippen molar-refractivity contribution in [2.45, 2.75) is 13.3 Å². The average molecular weight is 249 g/mol. The Bertz CT molecular complexity index is 445. The van der Waals surface area contributed by atoms with Gasteiger partial charge in [0, 0.05) is 5.56 Å². The SMILES string of the molecule is CCC(C(=O)NNC(N)=O)C(=O)c1ccccc1. The lowest BCUT2D eigenvalue weighted by atomic mass is 9.95. The van der Waals surface area contributed by atoms with Gasteiger partial charge in [0.2, 0.25) is 5.91 Å². The molecule has 1 atom stereocenters. The van der Waals surface area contributed by atoms with Crippen LogP contribution in [-0.4, -0.2) is 17.7 Å². The van der Waals surface area contributed by atoms with Gasteiger partial charge in [0.25, 0.3) is 0 Å². The largest absolute Gasteiger partial charge is 0.350 e. The van der Waals surface area contributed by atoms with Gasteiger partial charge in [-0.15, -0.1) is 0 Å². The molecule has 6 heteroatoms. The fraction of sp³-hybridized carbons (Fsp3) is 0.250. The van der Waals surface area contributed by atoms with Gasteiger partial charge < -0.3 is 5.73 Å². The van der Waals surface area contributed by atoms with Gasteiger partial charge in [-0.3, -0.25) is 15.0 Å². The summed E-state index contributed by atoms with van der Waals surface area (Å²) in [6, 6.07) is 7.62. The molecule has 96 valence electrons. The zero-order valence-electron chi connectivity index (χ0n) is 9.97. The summed E-state index contributed by atoms with van der Waals surface area (Å²) >= 11 is 0. The van der Waals surface area contributed by atoms with Crippen LogP contribution in [0.5, 0.6) is 0 Å². The third kappa shape index (κ3) is 3.58. The van der Waals surface area contributed by atoms with E-state index in [0.29, 0.717) is 12.0 Å². The van der Waals surface area contributed by atoms with E-state index in [0.717, 1.165) is 0 Å². The molecule has 0 saturated heterocycles. The van der Waals surface area contributed by atoms with Crippen molar-refractivity contribution in [3.63, 3.8) is 0 Å². The van der Waals surface area contributed by atoms with Crippen molar-refractivity contribution < 1.29 is 14.4 Å². The minimum absolute atomic E-state index is 0.290. The normalized spacial score (nSPS) is 11.4. The zero-order chi connectivity index (χ0) is 13.5. The molecule has 0 aliphatic rings. The van der Waals surface area contributed by atoms with Crippen molar-refractivity contribution in [1.82, 2.24) is 10.9 Å². The first-order valence-electron chi connectivity index (χ1n) is 5.50. The molecule has 0 bridgehead atoms. The molecule has 1 aromatic rings. The van der Waals surface area contributed by atoms with Crippen molar-refractivity contribution in [1.29, 1.82) is 0 Å². The Morgan fingerprint density at radius 2 is 1.78 bits per heavy atom. The first kappa shape index (κ1) is 13.7. The van der Waals surface area contributed by atoms with E-state index in [1.165, 1.54) is 0 Å². The molecular formula is C12H15N3O3. The molecule has 0 aromatic heterocycles. The van der Waals surface area contributed by atoms with Crippen LogP contribution in [0.15, 0.2) is 30.3 Å². The van der Waals surface area contributed by atoms with E-state index in [4.69, 9.17) is 5.73 Å². The van der Waals surface area contributed by atoms with Crippen LogP contribution in [0.2, 0.25) is 0 Å². The first-order valence-corrected chi connectivity index (χ1v) is 5.50. The van der Waals surface area contributed by atoms with Gasteiger partial charge in [0.15, 0.2) is 5.78 Å². The highest BCUT2D eigenvalue weighted by Gasteiger charge is 2.25. The Labute approximate surface area is 105 Å². The van der Waals surface area contributed by atoms with Crippen LogP contribution >= 0.6 is 0 Å². The number of Topliss-reactive ketones (excluding diaryl/α,β-unsaturated/α-hetero) is 1. The van der Waals surface area contributed by atoms with Gasteiger partial charge in [0.1, 0.15) is 5.92 Å². The number of carbonyl (C=O) groups is 3. The lowest BCUT2D eigenvalue weighted by Gasteiger charge is -2.13. The number of hydrogen-bond donors (Lipinski definition) is 3. The average Bonchev–Trinajstić information content (AvgIpc) is 2.38. The third-order valence-electron chi connectivity index (χ3n) is 2.41. The summed E-state index contributed by atoms with van der Waals surface area (Å²) in [7, 11) is 0. The molecule has 0 spiro atoms. The number of nitrogens with one attached hydrogen (secondary N) is 2. The smallest absolute Gasteiger partial charge is 0.330 e. The monoisotopic (exact) mass is 249 g/mol. The highest BCUT2D eigenvalue weighted by molar-refractivity contribution is 6.10. The molecule has 0 aliphatic carbocycles. The molecule has 18 heavy (non-hydrogen) atoms. The maximum Gasteiger partial charge on any atom is 0.330 e. The maximum absolute atomic E-state index is 12.1. The molecule has 1 unspecified atom stereocenters. The number of ketones is 1. The minimum Gasteiger partial charge on any atom is -0.350 e. The summed E-state index contributed by atoms with van der Waals surface area (Å²) in [6.07, 6.45) is 0.333. The van der Waals surface area contributed by atoms with E-state index in [1.54, 1.807) is 37.3 Å². The molecule has 0 saturated carbocycles. The van der Waals surface area contributed by atoms with Crippen LogP contribution in [0.25, 0.3) is 0 Å². The van der Waals surface area contributed by atoms with Crippen molar-refractivity contribution in [3.05, 3.63) is 35.9 Å². The van der Waals surface area contributed by atoms with Crippen LogP contribution in [0, 0.1) is 5.92 Å². The third-order valence-corrected chi connectivity index (χ3v) is 2.41. The van der Waals surface area contributed by atoms with Crippen molar-refractivity contribution in [3.8, 4) is 0 Å². The second kappa shape index (κ2) is 6.39. The molecule has 0 heterocycles. The molecule has 0 aliphatic heterocycles. The highest BCUT2D eigenvalue weighted by Crippen LogP contribution is 2.12. The summed E-state index contributed by atoms with van der Waals surface area (Å²) in [5.41, 5.74) is 9.33. The van der Waals surface area contributed by atoms with Gasteiger partial charge >= 0.3 is 6.03 Å². The van der Waals surface area contributed by atoms with E-state index >= 15 is 0 Å². The van der Waals surface area contributed by atoms with E-state index in [9.17, 15) is 14.4 Å². The fourth-order valence-corrected chi connectivity index (χ4v) is 1.50. The minimum atomic E-state index is -0.884. The Morgan fingerprint density at radius 1 is 1.17 bits per heavy atom. The van der Waals surface area contributed by atoms with Crippen molar-refractivity contribution >= 4 is 17.7 Å². The van der Waals surface area contributed by atoms with Gasteiger partial charge in [-0.05, 0) is 6.42 Å². The van der Waals surface area contributed by atoms with Crippen molar-refractivity contribution in [2.24, 2.45) is 11.7 Å². The molecule has 6 nitrogen and oxygen atoms in total. The number of rotatable bonds is 4. The molecule has 1 rings (SSSR count). The van der Waals surface area contributed by atoms with Crippen molar-refractivity contribution in [2.75, 3.05) is 0 Å². The number of hydrazine groups is 1. The zero-order valence-corrected chi connectivity index (χ0v) is 9.97. The summed E-state index contributed by atoms with van der Waals surface area (Å²) in [4.78, 5) is 34.2. The van der Waals surface area contributed by atoms with E-state index < -0.39 is 17.9 Å². The molecule has 1 aromatic carbocycles. The highest BCUT2D eigenvalue weighted by atomic mass is 16.2. The van der Waals surface area contributed by atoms with Crippen LogP contribution in [0.3, 0.4) is 0 Å². The summed E-state index contributed by atoms with van der Waals surface area (Å²) < 4.78 is 0. The van der Waals surface area contributed by atoms with Crippen LogP contribution in [0.4, 0.5) is 4.79 Å². The summed E-state index contributed by atoms with van der Waals surface area (Å²) in [5.74, 6) is -1.72. The number of hydrogen-bond acceptors (Lipinski definition) is 3. The number of nitrogens with two attached hydrogens (primary N) is 1. The summed E-state index contributed by atoms with van der Waals surface area (Å²) in [5, 5.41) is 0. The standard InChI is InChI=1S/C12H15N3O3/c1-2-9(11(17)14-15-12(13)18)10(16)8-6-4-3-5-7-8/h3-7,9H,2H2,1H3,(H,14,17)(H3,13,15,18). The van der Waals surface area contributed by atoms with Gasteiger partial charge in [0.05, 0.1) is 0 Å². The molecular weight excluding hydrogens is 234 g/mol. The number of amides is 3. The van der Waals surface area contributed by atoms with Gasteiger partial charge in [-0.25, -0.2) is 10.2 Å². The number of carbonyl (C=O) groups excluding carboxylic acids is 3. The van der Waals surface area contributed by atoms with Crippen LogP contribution in [0.1, 0.15) is 23.7 Å². The number of benzene rings is 1. The molecule has 0 fully saturated rings. The predicted molar refractivity (Wildman–Crippen MR) is 65.4 cm³/mol. The summed E-state index contributed by atoms with van der Waals surface area (Å²) in [6.45, 7) is 1.72. The number of primary amides is 1. The topological polar surface area (TPSA) is 101 Å². The first-order chi connectivity index (χ1) is 8.56. The van der Waals surface area contributed by atoms with Crippen LogP contribution < -0.4 is 16.6 Å². The Balaban J connectivity index is 2.74. The molecule has 0 radical (unpaired) electrons. The van der Waals surface area contributed by atoms with E-state index in [2.05, 4.69) is 5.43 Å². The second-order valence-corrected chi connectivity index (χ2v) is 3.67. The lowest BCUT2D eigenvalue weighted by Crippen LogP contribution is -2.48. The number of urea groups is 1. The van der Waals surface area contributed by atoms with E-state index in [-0.39, 0.29) is 5.78 Å². The Morgan fingerprint density at radius 3 is 2.28 bits per heavy atom. The Kier molecular flexibility index (Phi) is 4.86. The Hall–Kier alpha value is -2.37. The van der Waals surface area contributed by atoms with Gasteiger partial charge in [-0.1, -0.05) is 37.3 Å². The van der Waals surface area contributed by atoms with E-state index in [1.807, 2.05) is 5.43 Å². The fourth-order valence-electron chi connectivity index (χ4n) is 1.50. The van der Waals surface area contributed by atoms with Gasteiger partial charge in [-0.2, -0.15) is 0 Å². The maximum atomic E-state index is 12.1. The molecule has 4 N–H and O–H groups in total. The second-order valence-electron chi connectivity index (χ2n) is 3.67. The lowest BCUT2D eigenvalue weighted by molar-refractivity contribution is -0.124.